The number of ketones is 2. The van der Waals surface area contributed by atoms with E-state index >= 15 is 0 Å². The average Bonchev–Trinajstić information content (AvgIpc) is 3.73. The first kappa shape index (κ1) is 35.0. The number of carbonyl (C=O) groups is 4. The molecule has 268 valence electrons. The third-order valence-corrected chi connectivity index (χ3v) is 9.66. The van der Waals surface area contributed by atoms with Crippen molar-refractivity contribution in [2.24, 2.45) is 5.16 Å². The Bertz CT molecular complexity index is 2150. The molecule has 12 heteroatoms. The third-order valence-electron chi connectivity index (χ3n) is 9.66. The summed E-state index contributed by atoms with van der Waals surface area (Å²) in [5.41, 5.74) is 2.71. The van der Waals surface area contributed by atoms with Crippen molar-refractivity contribution in [3.8, 4) is 11.4 Å². The summed E-state index contributed by atoms with van der Waals surface area (Å²) in [5.74, 6) is -1.29. The molecular formula is C40H39N3O9. The van der Waals surface area contributed by atoms with E-state index in [1.54, 1.807) is 42.5 Å². The van der Waals surface area contributed by atoms with Gasteiger partial charge in [0.1, 0.15) is 24.2 Å². The van der Waals surface area contributed by atoms with E-state index in [0.717, 1.165) is 27.5 Å². The first-order valence-corrected chi connectivity index (χ1v) is 17.2. The van der Waals surface area contributed by atoms with Crippen molar-refractivity contribution in [2.45, 2.75) is 38.3 Å². The number of rotatable bonds is 13. The van der Waals surface area contributed by atoms with E-state index in [-0.39, 0.29) is 23.2 Å². The van der Waals surface area contributed by atoms with E-state index in [1.807, 2.05) is 50.2 Å². The molecule has 3 heterocycles. The highest BCUT2D eigenvalue weighted by Gasteiger charge is 2.36. The van der Waals surface area contributed by atoms with Crippen LogP contribution in [0.2, 0.25) is 0 Å². The molecule has 0 radical (unpaired) electrons. The van der Waals surface area contributed by atoms with Gasteiger partial charge < -0.3 is 28.4 Å². The van der Waals surface area contributed by atoms with E-state index in [2.05, 4.69) is 14.6 Å². The molecule has 0 saturated carbocycles. The zero-order valence-electron chi connectivity index (χ0n) is 29.3. The van der Waals surface area contributed by atoms with Crippen LogP contribution < -0.4 is 4.74 Å². The zero-order chi connectivity index (χ0) is 36.4. The molecule has 1 aromatic heterocycles. The van der Waals surface area contributed by atoms with Crippen molar-refractivity contribution in [3.63, 3.8) is 0 Å². The molecular weight excluding hydrogens is 666 g/mol. The van der Waals surface area contributed by atoms with E-state index < -0.39 is 29.7 Å². The number of epoxide rings is 1. The molecule has 1 atom stereocenters. The highest BCUT2D eigenvalue weighted by molar-refractivity contribution is 6.48. The maximum Gasteiger partial charge on any atom is 0.362 e. The van der Waals surface area contributed by atoms with Crippen LogP contribution in [0.15, 0.2) is 89.6 Å². The number of nitrogens with zero attached hydrogens (tertiary/aromatic N) is 3. The number of fused-ring (bicyclic) bond motifs is 3. The van der Waals surface area contributed by atoms with Gasteiger partial charge in [-0.3, -0.25) is 19.3 Å². The van der Waals surface area contributed by atoms with E-state index in [1.165, 1.54) is 7.11 Å². The van der Waals surface area contributed by atoms with Crippen LogP contribution in [-0.4, -0.2) is 97.0 Å². The summed E-state index contributed by atoms with van der Waals surface area (Å²) in [4.78, 5) is 59.4. The maximum atomic E-state index is 14.0. The molecule has 12 nitrogen and oxygen atoms in total. The average molecular weight is 706 g/mol. The lowest BCUT2D eigenvalue weighted by Gasteiger charge is -2.39. The molecule has 2 aliphatic heterocycles. The molecule has 0 bridgehead atoms. The number of Topliss-reactive ketones (excluding diaryl/α,β-unsaturated/α-hetero) is 2. The van der Waals surface area contributed by atoms with Gasteiger partial charge in [0.15, 0.2) is 5.78 Å². The molecule has 0 N–H and O–H groups in total. The fourth-order valence-corrected chi connectivity index (χ4v) is 6.53. The Balaban J connectivity index is 1.23. The lowest BCUT2D eigenvalue weighted by atomic mass is 9.90. The number of ether oxygens (including phenoxy) is 4. The van der Waals surface area contributed by atoms with Gasteiger partial charge >= 0.3 is 11.9 Å². The summed E-state index contributed by atoms with van der Waals surface area (Å²) in [6.45, 7) is 7.59. The van der Waals surface area contributed by atoms with Crippen LogP contribution in [-0.2, 0) is 28.6 Å². The number of morpholine rings is 1. The number of benzene rings is 3. The van der Waals surface area contributed by atoms with Crippen molar-refractivity contribution in [1.29, 1.82) is 0 Å². The zero-order valence-corrected chi connectivity index (χ0v) is 29.3. The lowest BCUT2D eigenvalue weighted by Crippen LogP contribution is -2.54. The largest absolute Gasteiger partial charge is 0.491 e. The summed E-state index contributed by atoms with van der Waals surface area (Å²) in [6.07, 6.45) is 5.14. The lowest BCUT2D eigenvalue weighted by molar-refractivity contribution is -0.141. The molecule has 1 unspecified atom stereocenters. The van der Waals surface area contributed by atoms with Gasteiger partial charge in [0, 0.05) is 46.2 Å². The highest BCUT2D eigenvalue weighted by atomic mass is 16.7. The Morgan fingerprint density at radius 1 is 0.923 bits per heavy atom. The first-order valence-electron chi connectivity index (χ1n) is 17.2. The van der Waals surface area contributed by atoms with Crippen molar-refractivity contribution >= 4 is 51.0 Å². The predicted octanol–water partition coefficient (Wildman–Crippen LogP) is 5.39. The van der Waals surface area contributed by atoms with Crippen LogP contribution in [0.5, 0.6) is 5.75 Å². The Morgan fingerprint density at radius 3 is 2.29 bits per heavy atom. The summed E-state index contributed by atoms with van der Waals surface area (Å²) < 4.78 is 23.7. The Morgan fingerprint density at radius 2 is 1.62 bits per heavy atom. The first-order chi connectivity index (χ1) is 25.1. The number of hydrogen-bond donors (Lipinski definition) is 0. The van der Waals surface area contributed by atoms with Crippen molar-refractivity contribution in [3.05, 3.63) is 95.6 Å². The predicted molar refractivity (Wildman–Crippen MR) is 193 cm³/mol. The van der Waals surface area contributed by atoms with Crippen molar-refractivity contribution in [2.75, 3.05) is 46.6 Å². The van der Waals surface area contributed by atoms with Gasteiger partial charge in [-0.1, -0.05) is 23.4 Å². The second-order valence-electron chi connectivity index (χ2n) is 13.4. The van der Waals surface area contributed by atoms with E-state index in [4.69, 9.17) is 23.8 Å². The van der Waals surface area contributed by atoms with Crippen LogP contribution in [0.1, 0.15) is 47.4 Å². The van der Waals surface area contributed by atoms with E-state index in [9.17, 15) is 19.2 Å². The van der Waals surface area contributed by atoms with Crippen molar-refractivity contribution < 1.29 is 43.0 Å². The molecule has 4 aromatic rings. The van der Waals surface area contributed by atoms with Gasteiger partial charge in [-0.15, -0.1) is 0 Å². The quantitative estimate of drug-likeness (QED) is 0.0445. The molecule has 7 rings (SSSR count). The standard InChI is InChI=1S/C40H39N3O9/c1-40(2,42-16-18-49-19-17-42)38(46)27-10-14-34-31(20-27)32-21-29(50-23-30-24-51-30)13-15-35(32)43(34)28-11-8-25(9-12-28)37(45)33(22-36(44)48-3)41-52-39(47)26-6-4-5-7-26/h4-6,8-15,20-21,30H,7,16-19,22-24H2,1-3H3/b41-33+. The van der Waals surface area contributed by atoms with Crippen molar-refractivity contribution in [1.82, 2.24) is 9.47 Å². The Kier molecular flexibility index (Phi) is 9.87. The van der Waals surface area contributed by atoms with Gasteiger partial charge in [0.25, 0.3) is 0 Å². The topological polar surface area (TPSA) is 138 Å². The molecule has 0 spiro atoms. The van der Waals surface area contributed by atoms with Crippen LogP contribution in [0.3, 0.4) is 0 Å². The van der Waals surface area contributed by atoms with Gasteiger partial charge in [-0.2, -0.15) is 0 Å². The van der Waals surface area contributed by atoms with Crippen LogP contribution in [0.25, 0.3) is 27.5 Å². The fourth-order valence-electron chi connectivity index (χ4n) is 6.53. The minimum Gasteiger partial charge on any atom is -0.491 e. The summed E-state index contributed by atoms with van der Waals surface area (Å²) in [5, 5.41) is 5.54. The van der Waals surface area contributed by atoms with Gasteiger partial charge in [-0.25, -0.2) is 4.79 Å². The van der Waals surface area contributed by atoms with Crippen LogP contribution in [0.4, 0.5) is 0 Å². The molecule has 0 amide bonds. The number of allylic oxidation sites excluding steroid dienone is 3. The smallest absolute Gasteiger partial charge is 0.362 e. The summed E-state index contributed by atoms with van der Waals surface area (Å²) >= 11 is 0. The third kappa shape index (κ3) is 7.18. The molecule has 2 fully saturated rings. The molecule has 3 aliphatic rings. The minimum atomic E-state index is -0.726. The monoisotopic (exact) mass is 705 g/mol. The van der Waals surface area contributed by atoms with Gasteiger partial charge in [0.2, 0.25) is 5.78 Å². The number of carbonyl (C=O) groups excluding carboxylic acids is 4. The summed E-state index contributed by atoms with van der Waals surface area (Å²) in [7, 11) is 1.20. The molecule has 52 heavy (non-hydrogen) atoms. The number of methoxy groups -OCH3 is 1. The Labute approximate surface area is 300 Å². The van der Waals surface area contributed by atoms with Crippen LogP contribution in [0, 0.1) is 0 Å². The second-order valence-corrected chi connectivity index (χ2v) is 13.4. The maximum absolute atomic E-state index is 14.0. The highest BCUT2D eigenvalue weighted by Crippen LogP contribution is 2.36. The SMILES string of the molecule is COC(=O)C/C(=N\OC(=O)C1=CC=CC1)C(=O)c1ccc(-n2c3ccc(OCC4CO4)cc3c3cc(C(=O)C(C)(C)N4CCOCC4)ccc32)cc1. The molecule has 3 aromatic carbocycles. The minimum absolute atomic E-state index is 0.0186. The normalized spacial score (nSPS) is 17.6. The number of esters is 1. The second kappa shape index (κ2) is 14.7. The molecule has 1 aliphatic carbocycles. The fraction of sp³-hybridized carbons (Fsp3) is 0.325. The number of aromatic nitrogens is 1. The van der Waals surface area contributed by atoms with E-state index in [0.29, 0.717) is 62.8 Å². The summed E-state index contributed by atoms with van der Waals surface area (Å²) in [6, 6.07) is 18.4. The van der Waals surface area contributed by atoms with Gasteiger partial charge in [0.05, 0.1) is 49.9 Å². The number of hydrogen-bond acceptors (Lipinski definition) is 11. The number of oxime groups is 1. The van der Waals surface area contributed by atoms with Crippen LogP contribution >= 0.6 is 0 Å². The van der Waals surface area contributed by atoms with Gasteiger partial charge in [-0.05, 0) is 80.9 Å². The molecule has 2 saturated heterocycles. The Hall–Kier alpha value is -5.43.